The van der Waals surface area contributed by atoms with Crippen molar-refractivity contribution in [2.45, 2.75) is 125 Å². The van der Waals surface area contributed by atoms with Crippen LogP contribution in [0.4, 0.5) is 19.2 Å². The molecule has 0 radical (unpaired) electrons. The van der Waals surface area contributed by atoms with E-state index in [-0.39, 0.29) is 26.4 Å². The summed E-state index contributed by atoms with van der Waals surface area (Å²) in [5.41, 5.74) is 2.55. The maximum Gasteiger partial charge on any atom is 0.407 e. The summed E-state index contributed by atoms with van der Waals surface area (Å²) in [6.45, 7) is -2.02. The third-order valence-electron chi connectivity index (χ3n) is 12.3. The number of nitrogens with one attached hydrogen (secondary N) is 4. The summed E-state index contributed by atoms with van der Waals surface area (Å²) in [5, 5.41) is 88.8. The van der Waals surface area contributed by atoms with Gasteiger partial charge in [0.1, 0.15) is 87.5 Å². The van der Waals surface area contributed by atoms with Crippen molar-refractivity contribution in [3.05, 3.63) is 144 Å². The lowest BCUT2D eigenvalue weighted by molar-refractivity contribution is -0.334. The Kier molecular flexibility index (Phi) is 19.7. The summed E-state index contributed by atoms with van der Waals surface area (Å²) in [6.07, 6.45) is -26.3. The SMILES string of the molecule is O=C(NC[C@H]1O[C@H](O[C@@H]2[C@@H](O)[C@H](O[C@H]3O[C@H](CO)[C@@H](O)[C@H](NC(=O)OCc4ccccc4)[C@H]3O)[C@@H](NC(=O)OCc3ccccc3)C[C@H]2NC(=O)OCc2ccccc2)[C@H](O)[C@@H](O)[C@@H]1O)OCc1ccccc1. The van der Waals surface area contributed by atoms with Crippen LogP contribution < -0.4 is 21.3 Å². The van der Waals surface area contributed by atoms with Gasteiger partial charge in [0.05, 0.1) is 24.7 Å². The highest BCUT2D eigenvalue weighted by molar-refractivity contribution is 5.69. The second-order valence-corrected chi connectivity index (χ2v) is 17.4. The molecular formula is C50H60N4O19. The van der Waals surface area contributed by atoms with Crippen LogP contribution in [0.2, 0.25) is 0 Å². The Bertz CT molecular complexity index is 2350. The average molecular weight is 1020 g/mol. The molecule has 0 bridgehead atoms. The zero-order valence-electron chi connectivity index (χ0n) is 39.2. The smallest absolute Gasteiger partial charge is 0.407 e. The van der Waals surface area contributed by atoms with E-state index in [0.29, 0.717) is 22.3 Å². The van der Waals surface area contributed by atoms with Crippen molar-refractivity contribution in [2.24, 2.45) is 0 Å². The van der Waals surface area contributed by atoms with Crippen molar-refractivity contribution in [3.8, 4) is 0 Å². The van der Waals surface area contributed by atoms with E-state index >= 15 is 0 Å². The molecule has 23 nitrogen and oxygen atoms in total. The number of amides is 4. The van der Waals surface area contributed by atoms with Gasteiger partial charge in [-0.05, 0) is 28.7 Å². The van der Waals surface area contributed by atoms with E-state index in [0.717, 1.165) is 0 Å². The maximum absolute atomic E-state index is 13.6. The third kappa shape index (κ3) is 15.1. The van der Waals surface area contributed by atoms with Gasteiger partial charge in [-0.2, -0.15) is 0 Å². The molecule has 4 aromatic carbocycles. The molecule has 0 aromatic heterocycles. The first kappa shape index (κ1) is 54.3. The fourth-order valence-corrected chi connectivity index (χ4v) is 8.41. The van der Waals surface area contributed by atoms with E-state index in [1.165, 1.54) is 0 Å². The van der Waals surface area contributed by atoms with Gasteiger partial charge in [-0.3, -0.25) is 0 Å². The molecule has 4 aromatic rings. The van der Waals surface area contributed by atoms with Crippen LogP contribution in [0.5, 0.6) is 0 Å². The summed E-state index contributed by atoms with van der Waals surface area (Å²) >= 11 is 0. The molecule has 0 spiro atoms. The minimum atomic E-state index is -2.05. The molecule has 73 heavy (non-hydrogen) atoms. The van der Waals surface area contributed by atoms with E-state index in [2.05, 4.69) is 21.3 Å². The van der Waals surface area contributed by atoms with E-state index in [1.807, 2.05) is 0 Å². The Morgan fingerprint density at radius 3 is 1.26 bits per heavy atom. The highest BCUT2D eigenvalue weighted by Crippen LogP contribution is 2.33. The highest BCUT2D eigenvalue weighted by atomic mass is 16.7. The van der Waals surface area contributed by atoms with E-state index < -0.39 is 136 Å². The van der Waals surface area contributed by atoms with Gasteiger partial charge in [0, 0.05) is 6.54 Å². The van der Waals surface area contributed by atoms with Crippen molar-refractivity contribution in [3.63, 3.8) is 0 Å². The standard InChI is InChI=1S/C50H60N4O19/c55-23-35-37(56)36(54-50(65)69-27-31-19-11-4-12-20-31)39(58)45(71-35)72-43-32(52-48(63)67-25-29-15-7-2-8-16-29)21-33(53-49(64)68-26-30-17-9-3-10-18-30)44(42(43)61)73-46-41(60)40(59)38(57)34(70-46)22-51-47(62)66-24-28-13-5-1-6-14-28/h1-20,32-46,55-61H,21-27H2,(H,51,62)(H,52,63)(H,53,64)(H,54,65)/t32-,33+,34+,35+,36-,37+,38+,39+,40-,41+,42-,43+,44-,45+,46+/m0/s1. The number of carbonyl (C=O) groups is 4. The minimum Gasteiger partial charge on any atom is -0.445 e. The molecular weight excluding hydrogens is 961 g/mol. The minimum absolute atomic E-state index is 0.0952. The van der Waals surface area contributed by atoms with Crippen LogP contribution >= 0.6 is 0 Å². The van der Waals surface area contributed by atoms with Gasteiger partial charge in [-0.25, -0.2) is 19.2 Å². The first-order valence-corrected chi connectivity index (χ1v) is 23.4. The number of aliphatic hydroxyl groups excluding tert-OH is 7. The number of aliphatic hydroxyl groups is 7. The lowest BCUT2D eigenvalue weighted by Crippen LogP contribution is -2.70. The zero-order valence-corrected chi connectivity index (χ0v) is 39.2. The molecule has 1 aliphatic carbocycles. The highest BCUT2D eigenvalue weighted by Gasteiger charge is 2.54. The van der Waals surface area contributed by atoms with Crippen molar-refractivity contribution in [2.75, 3.05) is 13.2 Å². The molecule has 7 rings (SSSR count). The van der Waals surface area contributed by atoms with Gasteiger partial charge >= 0.3 is 24.4 Å². The van der Waals surface area contributed by atoms with Crippen LogP contribution in [0, 0.1) is 0 Å². The lowest BCUT2D eigenvalue weighted by Gasteiger charge is -2.49. The van der Waals surface area contributed by atoms with Crippen LogP contribution in [0.3, 0.4) is 0 Å². The Morgan fingerprint density at radius 1 is 0.452 bits per heavy atom. The van der Waals surface area contributed by atoms with Crippen molar-refractivity contribution in [1.29, 1.82) is 0 Å². The maximum atomic E-state index is 13.6. The Labute approximate surface area is 418 Å². The molecule has 2 heterocycles. The van der Waals surface area contributed by atoms with Gasteiger partial charge in [0.15, 0.2) is 12.6 Å². The van der Waals surface area contributed by atoms with Crippen LogP contribution in [0.1, 0.15) is 28.7 Å². The zero-order chi connectivity index (χ0) is 51.9. The normalized spacial score (nSPS) is 29.9. The number of alkyl carbamates (subject to hydrolysis) is 4. The second-order valence-electron chi connectivity index (χ2n) is 17.4. The number of benzene rings is 4. The van der Waals surface area contributed by atoms with Gasteiger partial charge in [0.25, 0.3) is 0 Å². The van der Waals surface area contributed by atoms with Crippen molar-refractivity contribution >= 4 is 24.4 Å². The van der Waals surface area contributed by atoms with Gasteiger partial charge in [0.2, 0.25) is 0 Å². The first-order valence-electron chi connectivity index (χ1n) is 23.4. The molecule has 1 saturated carbocycles. The van der Waals surface area contributed by atoms with Crippen LogP contribution in [0.25, 0.3) is 0 Å². The Balaban J connectivity index is 1.14. The van der Waals surface area contributed by atoms with Crippen LogP contribution in [-0.2, 0) is 64.3 Å². The summed E-state index contributed by atoms with van der Waals surface area (Å²) in [5.74, 6) is 0. The second kappa shape index (κ2) is 26.5. The molecule has 3 aliphatic rings. The molecule has 3 fully saturated rings. The van der Waals surface area contributed by atoms with Crippen LogP contribution in [0.15, 0.2) is 121 Å². The predicted octanol–water partition coefficient (Wildman–Crippen LogP) is 0.579. The number of rotatable bonds is 18. The predicted molar refractivity (Wildman–Crippen MR) is 250 cm³/mol. The van der Waals surface area contributed by atoms with Gasteiger partial charge < -0.3 is 94.9 Å². The van der Waals surface area contributed by atoms with Gasteiger partial charge in [-0.1, -0.05) is 121 Å². The molecule has 15 atom stereocenters. The Morgan fingerprint density at radius 2 is 0.836 bits per heavy atom. The summed E-state index contributed by atoms with van der Waals surface area (Å²) in [6, 6.07) is 30.3. The topological polar surface area (TPSA) is 332 Å². The molecule has 2 saturated heterocycles. The molecule has 394 valence electrons. The molecule has 2 aliphatic heterocycles. The third-order valence-corrected chi connectivity index (χ3v) is 12.3. The fourth-order valence-electron chi connectivity index (χ4n) is 8.41. The first-order chi connectivity index (χ1) is 35.3. The van der Waals surface area contributed by atoms with Crippen molar-refractivity contribution < 1.29 is 92.8 Å². The summed E-state index contributed by atoms with van der Waals surface area (Å²) in [7, 11) is 0. The van der Waals surface area contributed by atoms with E-state index in [9.17, 15) is 54.9 Å². The monoisotopic (exact) mass is 1020 g/mol. The lowest BCUT2D eigenvalue weighted by atomic mass is 9.83. The summed E-state index contributed by atoms with van der Waals surface area (Å²) < 4.78 is 45.7. The number of ether oxygens (including phenoxy) is 8. The van der Waals surface area contributed by atoms with Crippen molar-refractivity contribution in [1.82, 2.24) is 21.3 Å². The molecule has 4 amide bonds. The van der Waals surface area contributed by atoms with Gasteiger partial charge in [-0.15, -0.1) is 0 Å². The van der Waals surface area contributed by atoms with Crippen LogP contribution in [-0.4, -0.2) is 165 Å². The Hall–Kier alpha value is -6.48. The molecule has 23 heteroatoms. The quantitative estimate of drug-likeness (QED) is 0.0607. The average Bonchev–Trinajstić information content (AvgIpc) is 3.41. The van der Waals surface area contributed by atoms with E-state index in [1.54, 1.807) is 121 Å². The molecule has 11 N–H and O–H groups in total. The number of carbonyl (C=O) groups excluding carboxylic acids is 4. The summed E-state index contributed by atoms with van der Waals surface area (Å²) in [4.78, 5) is 52.8. The van der Waals surface area contributed by atoms with E-state index in [4.69, 9.17) is 37.9 Å². The fraction of sp³-hybridized carbons (Fsp3) is 0.440. The number of hydrogen-bond donors (Lipinski definition) is 11. The molecule has 0 unspecified atom stereocenters. The largest absolute Gasteiger partial charge is 0.445 e. The number of hydrogen-bond acceptors (Lipinski definition) is 19.